The Hall–Kier alpha value is -2.73. The summed E-state index contributed by atoms with van der Waals surface area (Å²) in [7, 11) is 0. The maximum Gasteiger partial charge on any atom is 0.231 e. The van der Waals surface area contributed by atoms with Gasteiger partial charge in [0.15, 0.2) is 5.13 Å². The van der Waals surface area contributed by atoms with Gasteiger partial charge in [-0.25, -0.2) is 4.98 Å². The smallest absolute Gasteiger partial charge is 0.231 e. The minimum Gasteiger partial charge on any atom is -0.312 e. The number of nitrogens with zero attached hydrogens (tertiary/aromatic N) is 2. The Morgan fingerprint density at radius 2 is 2.04 bits per heavy atom. The monoisotopic (exact) mass is 379 g/mol. The Labute approximate surface area is 162 Å². The molecular weight excluding hydrogens is 358 g/mol. The van der Waals surface area contributed by atoms with Crippen LogP contribution < -0.4 is 10.2 Å². The van der Waals surface area contributed by atoms with Crippen molar-refractivity contribution in [2.75, 3.05) is 16.8 Å². The number of thiazole rings is 1. The Bertz CT molecular complexity index is 1010. The van der Waals surface area contributed by atoms with E-state index in [1.807, 2.05) is 49.4 Å². The van der Waals surface area contributed by atoms with Crippen LogP contribution in [0.15, 0.2) is 42.5 Å². The van der Waals surface area contributed by atoms with Gasteiger partial charge in [-0.1, -0.05) is 42.5 Å². The minimum absolute atomic E-state index is 0.0143. The fourth-order valence-electron chi connectivity index (χ4n) is 3.39. The fraction of sp³-hybridized carbons (Fsp3) is 0.286. The molecule has 0 aliphatic carbocycles. The standard InChI is InChI=1S/C21H21N3O2S/c1-3-14-7-9-16(10-8-14)24-12-15(11-18(24)25)20(26)23-21-22-19-13(2)5-4-6-17(19)27-21/h4-10,15H,3,11-12H2,1-2H3,(H,22,23,26). The van der Waals surface area contributed by atoms with Gasteiger partial charge in [0.25, 0.3) is 0 Å². The van der Waals surface area contributed by atoms with E-state index in [2.05, 4.69) is 17.2 Å². The van der Waals surface area contributed by atoms with Crippen LogP contribution >= 0.6 is 11.3 Å². The van der Waals surface area contributed by atoms with E-state index in [0.717, 1.165) is 27.9 Å². The average molecular weight is 379 g/mol. The number of amides is 2. The molecule has 2 heterocycles. The van der Waals surface area contributed by atoms with Crippen molar-refractivity contribution < 1.29 is 9.59 Å². The van der Waals surface area contributed by atoms with Crippen molar-refractivity contribution >= 4 is 44.2 Å². The van der Waals surface area contributed by atoms with Gasteiger partial charge in [-0.2, -0.15) is 0 Å². The molecule has 138 valence electrons. The summed E-state index contributed by atoms with van der Waals surface area (Å²) in [5.41, 5.74) is 4.08. The first kappa shape index (κ1) is 17.7. The van der Waals surface area contributed by atoms with Gasteiger partial charge in [-0.15, -0.1) is 0 Å². The molecule has 0 radical (unpaired) electrons. The summed E-state index contributed by atoms with van der Waals surface area (Å²) in [6.07, 6.45) is 1.19. The van der Waals surface area contributed by atoms with Crippen molar-refractivity contribution in [3.8, 4) is 0 Å². The molecule has 1 unspecified atom stereocenters. The van der Waals surface area contributed by atoms with Crippen LogP contribution in [0, 0.1) is 12.8 Å². The zero-order chi connectivity index (χ0) is 19.0. The van der Waals surface area contributed by atoms with Crippen molar-refractivity contribution in [2.24, 2.45) is 5.92 Å². The zero-order valence-electron chi connectivity index (χ0n) is 15.4. The van der Waals surface area contributed by atoms with E-state index in [9.17, 15) is 9.59 Å². The molecule has 4 rings (SSSR count). The molecular formula is C21H21N3O2S. The summed E-state index contributed by atoms with van der Waals surface area (Å²) in [4.78, 5) is 31.3. The van der Waals surface area contributed by atoms with Gasteiger partial charge >= 0.3 is 0 Å². The average Bonchev–Trinajstić information content (AvgIpc) is 3.26. The van der Waals surface area contributed by atoms with Gasteiger partial charge in [-0.3, -0.25) is 9.59 Å². The Kier molecular flexibility index (Phi) is 4.66. The third-order valence-corrected chi connectivity index (χ3v) is 5.94. The Morgan fingerprint density at radius 3 is 2.74 bits per heavy atom. The zero-order valence-corrected chi connectivity index (χ0v) is 16.2. The number of nitrogens with one attached hydrogen (secondary N) is 1. The second kappa shape index (κ2) is 7.12. The highest BCUT2D eigenvalue weighted by atomic mass is 32.1. The molecule has 1 saturated heterocycles. The normalized spacial score (nSPS) is 16.9. The van der Waals surface area contributed by atoms with Gasteiger partial charge in [0.2, 0.25) is 11.8 Å². The SMILES string of the molecule is CCc1ccc(N2CC(C(=O)Nc3nc4c(C)cccc4s3)CC2=O)cc1. The van der Waals surface area contributed by atoms with Gasteiger partial charge in [0, 0.05) is 18.7 Å². The molecule has 1 atom stereocenters. The molecule has 1 N–H and O–H groups in total. The van der Waals surface area contributed by atoms with Crippen molar-refractivity contribution in [3.63, 3.8) is 0 Å². The number of rotatable bonds is 4. The number of hydrogen-bond donors (Lipinski definition) is 1. The summed E-state index contributed by atoms with van der Waals surface area (Å²) in [6.45, 7) is 4.50. The number of aryl methyl sites for hydroxylation is 2. The molecule has 3 aromatic rings. The predicted octanol–water partition coefficient (Wildman–Crippen LogP) is 4.16. The number of para-hydroxylation sites is 1. The first-order chi connectivity index (χ1) is 13.0. The first-order valence-corrected chi connectivity index (χ1v) is 9.93. The summed E-state index contributed by atoms with van der Waals surface area (Å²) in [5, 5.41) is 3.49. The lowest BCUT2D eigenvalue weighted by Crippen LogP contribution is -2.28. The molecule has 1 aliphatic rings. The first-order valence-electron chi connectivity index (χ1n) is 9.11. The maximum atomic E-state index is 12.7. The molecule has 0 spiro atoms. The van der Waals surface area contributed by atoms with Crippen LogP contribution in [0.2, 0.25) is 0 Å². The maximum absolute atomic E-state index is 12.7. The Morgan fingerprint density at radius 1 is 1.26 bits per heavy atom. The molecule has 2 amide bonds. The van der Waals surface area contributed by atoms with Crippen LogP contribution in [-0.2, 0) is 16.0 Å². The molecule has 1 fully saturated rings. The largest absolute Gasteiger partial charge is 0.312 e. The highest BCUT2D eigenvalue weighted by Gasteiger charge is 2.35. The van der Waals surface area contributed by atoms with E-state index >= 15 is 0 Å². The lowest BCUT2D eigenvalue weighted by Gasteiger charge is -2.17. The van der Waals surface area contributed by atoms with E-state index < -0.39 is 0 Å². The van der Waals surface area contributed by atoms with Gasteiger partial charge < -0.3 is 10.2 Å². The van der Waals surface area contributed by atoms with Crippen molar-refractivity contribution in [3.05, 3.63) is 53.6 Å². The molecule has 2 aromatic carbocycles. The molecule has 0 bridgehead atoms. The van der Waals surface area contributed by atoms with Crippen LogP contribution in [0.1, 0.15) is 24.5 Å². The topological polar surface area (TPSA) is 62.3 Å². The highest BCUT2D eigenvalue weighted by molar-refractivity contribution is 7.22. The van der Waals surface area contributed by atoms with Crippen molar-refractivity contribution in [1.82, 2.24) is 4.98 Å². The lowest BCUT2D eigenvalue weighted by molar-refractivity contribution is -0.122. The van der Waals surface area contributed by atoms with E-state index in [-0.39, 0.29) is 24.2 Å². The van der Waals surface area contributed by atoms with Gasteiger partial charge in [-0.05, 0) is 42.7 Å². The van der Waals surface area contributed by atoms with Crippen LogP contribution in [0.25, 0.3) is 10.2 Å². The fourth-order valence-corrected chi connectivity index (χ4v) is 4.34. The molecule has 0 saturated carbocycles. The van der Waals surface area contributed by atoms with Crippen LogP contribution in [0.4, 0.5) is 10.8 Å². The molecule has 1 aliphatic heterocycles. The molecule has 27 heavy (non-hydrogen) atoms. The molecule has 6 heteroatoms. The van der Waals surface area contributed by atoms with E-state index in [1.54, 1.807) is 4.90 Å². The number of aromatic nitrogens is 1. The second-order valence-corrected chi connectivity index (χ2v) is 7.89. The third-order valence-electron chi connectivity index (χ3n) is 5.00. The van der Waals surface area contributed by atoms with Crippen LogP contribution in [-0.4, -0.2) is 23.3 Å². The van der Waals surface area contributed by atoms with Crippen LogP contribution in [0.5, 0.6) is 0 Å². The number of carbonyl (C=O) groups is 2. The summed E-state index contributed by atoms with van der Waals surface area (Å²) >= 11 is 1.46. The number of benzene rings is 2. The summed E-state index contributed by atoms with van der Waals surface area (Å²) in [5.74, 6) is -0.524. The van der Waals surface area contributed by atoms with E-state index in [0.29, 0.717) is 11.7 Å². The van der Waals surface area contributed by atoms with E-state index in [1.165, 1.54) is 16.9 Å². The quantitative estimate of drug-likeness (QED) is 0.740. The van der Waals surface area contributed by atoms with Gasteiger partial charge in [0.05, 0.1) is 16.1 Å². The van der Waals surface area contributed by atoms with Crippen LogP contribution in [0.3, 0.4) is 0 Å². The van der Waals surface area contributed by atoms with Gasteiger partial charge in [0.1, 0.15) is 0 Å². The number of fused-ring (bicyclic) bond motifs is 1. The minimum atomic E-state index is -0.364. The lowest BCUT2D eigenvalue weighted by atomic mass is 10.1. The second-order valence-electron chi connectivity index (χ2n) is 6.86. The van der Waals surface area contributed by atoms with Crippen molar-refractivity contribution in [2.45, 2.75) is 26.7 Å². The molecule has 5 nitrogen and oxygen atoms in total. The number of carbonyl (C=O) groups excluding carboxylic acids is 2. The Balaban J connectivity index is 1.47. The highest BCUT2D eigenvalue weighted by Crippen LogP contribution is 2.30. The molecule has 1 aromatic heterocycles. The summed E-state index contributed by atoms with van der Waals surface area (Å²) < 4.78 is 1.05. The van der Waals surface area contributed by atoms with Crippen molar-refractivity contribution in [1.29, 1.82) is 0 Å². The number of anilines is 2. The number of hydrogen-bond acceptors (Lipinski definition) is 4. The predicted molar refractivity (Wildman–Crippen MR) is 109 cm³/mol. The third kappa shape index (κ3) is 3.45. The van der Waals surface area contributed by atoms with E-state index in [4.69, 9.17) is 0 Å². The summed E-state index contributed by atoms with van der Waals surface area (Å²) in [6, 6.07) is 13.9.